The van der Waals surface area contributed by atoms with Crippen LogP contribution in [0.4, 0.5) is 0 Å². The van der Waals surface area contributed by atoms with Crippen molar-refractivity contribution in [3.63, 3.8) is 0 Å². The number of fused-ring (bicyclic) bond motifs is 2. The second-order valence-electron chi connectivity index (χ2n) is 6.22. The second kappa shape index (κ2) is 6.12. The molecule has 0 aromatic heterocycles. The first-order valence-corrected chi connectivity index (χ1v) is 7.67. The van der Waals surface area contributed by atoms with Gasteiger partial charge in [-0.05, 0) is 21.0 Å². The summed E-state index contributed by atoms with van der Waals surface area (Å²) in [5, 5.41) is 26.8. The minimum absolute atomic E-state index is 0.0724. The van der Waals surface area contributed by atoms with E-state index in [-0.39, 0.29) is 18.3 Å². The van der Waals surface area contributed by atoms with Crippen LogP contribution >= 0.6 is 0 Å². The summed E-state index contributed by atoms with van der Waals surface area (Å²) in [5.74, 6) is -0.0724. The number of hydrogen-bond acceptors (Lipinski definition) is 8. The van der Waals surface area contributed by atoms with Crippen LogP contribution in [-0.4, -0.2) is 85.1 Å². The molecular weight excluding hydrogens is 292 g/mol. The molecule has 1 aliphatic carbocycles. The molecule has 4 N–H and O–H groups in total. The largest absolute Gasteiger partial charge is 0.390 e. The highest BCUT2D eigenvalue weighted by Crippen LogP contribution is 2.35. The Balaban J connectivity index is 1.86. The number of rotatable bonds is 2. The predicted molar refractivity (Wildman–Crippen MR) is 75.2 cm³/mol. The molecule has 126 valence electrons. The molecule has 0 spiro atoms. The van der Waals surface area contributed by atoms with Crippen LogP contribution in [0.2, 0.25) is 0 Å². The maximum atomic E-state index is 12.1. The quantitative estimate of drug-likeness (QED) is 0.453. The number of hydrogen-bond donors (Lipinski definition) is 4. The van der Waals surface area contributed by atoms with E-state index in [0.29, 0.717) is 0 Å². The zero-order chi connectivity index (χ0) is 16.0. The van der Waals surface area contributed by atoms with Gasteiger partial charge in [0.25, 0.3) is 0 Å². The third-order valence-corrected chi connectivity index (χ3v) is 4.80. The number of Topliss-reactive ketones (excluding diaryl/α,β-unsaturated/α-hetero) is 1. The minimum Gasteiger partial charge on any atom is -0.390 e. The van der Waals surface area contributed by atoms with Gasteiger partial charge in [-0.25, -0.2) is 0 Å². The van der Waals surface area contributed by atoms with Gasteiger partial charge < -0.3 is 35.1 Å². The maximum Gasteiger partial charge on any atom is 0.191 e. The molecule has 22 heavy (non-hydrogen) atoms. The molecule has 0 aromatic rings. The Morgan fingerprint density at radius 1 is 1.00 bits per heavy atom. The summed E-state index contributed by atoms with van der Waals surface area (Å²) < 4.78 is 17.4. The van der Waals surface area contributed by atoms with Crippen LogP contribution in [0.1, 0.15) is 13.3 Å². The molecule has 8 nitrogen and oxygen atoms in total. The van der Waals surface area contributed by atoms with Crippen LogP contribution < -0.4 is 10.6 Å². The Morgan fingerprint density at radius 3 is 2.32 bits per heavy atom. The van der Waals surface area contributed by atoms with Crippen LogP contribution in [0.15, 0.2) is 0 Å². The van der Waals surface area contributed by atoms with Gasteiger partial charge in [0.2, 0.25) is 0 Å². The number of ketones is 1. The molecule has 2 saturated heterocycles. The first kappa shape index (κ1) is 16.3. The van der Waals surface area contributed by atoms with E-state index < -0.39 is 48.9 Å². The van der Waals surface area contributed by atoms with E-state index >= 15 is 0 Å². The number of likely N-dealkylation sites (N-methyl/N-ethyl adjacent to an activating group) is 2. The van der Waals surface area contributed by atoms with Crippen molar-refractivity contribution in [1.29, 1.82) is 0 Å². The van der Waals surface area contributed by atoms with Gasteiger partial charge >= 0.3 is 0 Å². The standard InChI is InChI=1S/C14H24N2O6/c1-5-4-6(17)11-14(20-5)22-13-10(19)7(15-2)9(18)8(16-3)12(13)21-11/h5,7-16,18-19H,4H2,1-3H3/t5-,7-,8+,9+,10+,11+,12-,13-,14+/m1/s1. The molecule has 8 heteroatoms. The maximum absolute atomic E-state index is 12.1. The molecule has 2 aliphatic heterocycles. The Bertz CT molecular complexity index is 436. The second-order valence-corrected chi connectivity index (χ2v) is 6.22. The van der Waals surface area contributed by atoms with Crippen molar-refractivity contribution in [1.82, 2.24) is 10.6 Å². The molecule has 0 aromatic carbocycles. The predicted octanol–water partition coefficient (Wildman–Crippen LogP) is -2.25. The average Bonchev–Trinajstić information content (AvgIpc) is 2.47. The highest BCUT2D eigenvalue weighted by Gasteiger charge is 2.57. The van der Waals surface area contributed by atoms with Gasteiger partial charge in [0.1, 0.15) is 18.3 Å². The van der Waals surface area contributed by atoms with Crippen LogP contribution in [0.3, 0.4) is 0 Å². The van der Waals surface area contributed by atoms with Crippen molar-refractivity contribution in [2.45, 2.75) is 68.3 Å². The molecule has 1 saturated carbocycles. The third-order valence-electron chi connectivity index (χ3n) is 4.80. The summed E-state index contributed by atoms with van der Waals surface area (Å²) in [6.45, 7) is 1.80. The molecule has 2 heterocycles. The summed E-state index contributed by atoms with van der Waals surface area (Å²) in [7, 11) is 3.37. The van der Waals surface area contributed by atoms with E-state index in [9.17, 15) is 15.0 Å². The lowest BCUT2D eigenvalue weighted by Gasteiger charge is -2.53. The SMILES string of the molecule is CN[C@@H]1[C@H](O)[C@H](NC)[C@H]2O[C@H]3C(=O)C[C@@H](C)O[C@H]3O[C@@H]2[C@H]1O. The minimum atomic E-state index is -0.966. The zero-order valence-corrected chi connectivity index (χ0v) is 12.9. The molecule has 9 atom stereocenters. The van der Waals surface area contributed by atoms with Crippen LogP contribution in [-0.2, 0) is 19.0 Å². The molecule has 3 fully saturated rings. The Hall–Kier alpha value is -0.610. The Morgan fingerprint density at radius 2 is 1.68 bits per heavy atom. The van der Waals surface area contributed by atoms with E-state index in [2.05, 4.69) is 10.6 Å². The Kier molecular flexibility index (Phi) is 4.52. The lowest BCUT2D eigenvalue weighted by atomic mass is 9.80. The van der Waals surface area contributed by atoms with Gasteiger partial charge in [0, 0.05) is 6.42 Å². The van der Waals surface area contributed by atoms with Crippen molar-refractivity contribution in [3.05, 3.63) is 0 Å². The summed E-state index contributed by atoms with van der Waals surface area (Å²) in [6, 6.07) is -1.02. The number of nitrogens with one attached hydrogen (secondary N) is 2. The number of aliphatic hydroxyl groups is 2. The van der Waals surface area contributed by atoms with Crippen molar-refractivity contribution in [3.8, 4) is 0 Å². The summed E-state index contributed by atoms with van der Waals surface area (Å²) in [4.78, 5) is 12.1. The fourth-order valence-corrected chi connectivity index (χ4v) is 3.69. The monoisotopic (exact) mass is 316 g/mol. The first-order chi connectivity index (χ1) is 10.5. The van der Waals surface area contributed by atoms with E-state index in [1.807, 2.05) is 0 Å². The zero-order valence-electron chi connectivity index (χ0n) is 12.9. The van der Waals surface area contributed by atoms with Crippen LogP contribution in [0, 0.1) is 0 Å². The van der Waals surface area contributed by atoms with E-state index in [4.69, 9.17) is 14.2 Å². The van der Waals surface area contributed by atoms with Crippen molar-refractivity contribution in [2.24, 2.45) is 0 Å². The fourth-order valence-electron chi connectivity index (χ4n) is 3.69. The number of carbonyl (C=O) groups is 1. The van der Waals surface area contributed by atoms with Gasteiger partial charge in [-0.1, -0.05) is 0 Å². The van der Waals surface area contributed by atoms with Gasteiger partial charge in [0.05, 0.1) is 24.3 Å². The highest BCUT2D eigenvalue weighted by atomic mass is 16.7. The molecule has 3 rings (SSSR count). The smallest absolute Gasteiger partial charge is 0.191 e. The Labute approximate surface area is 129 Å². The fraction of sp³-hybridized carbons (Fsp3) is 0.929. The van der Waals surface area contributed by atoms with Crippen LogP contribution in [0.5, 0.6) is 0 Å². The lowest BCUT2D eigenvalue weighted by molar-refractivity contribution is -0.340. The molecule has 0 bridgehead atoms. The summed E-state index contributed by atoms with van der Waals surface area (Å²) in [6.07, 6.45) is -4.72. The first-order valence-electron chi connectivity index (χ1n) is 7.67. The molecule has 3 aliphatic rings. The van der Waals surface area contributed by atoms with E-state index in [1.165, 1.54) is 0 Å². The topological polar surface area (TPSA) is 109 Å². The highest BCUT2D eigenvalue weighted by molar-refractivity contribution is 5.84. The van der Waals surface area contributed by atoms with Gasteiger partial charge in [-0.3, -0.25) is 4.79 Å². The van der Waals surface area contributed by atoms with Crippen molar-refractivity contribution < 1.29 is 29.2 Å². The molecule has 0 unspecified atom stereocenters. The normalized spacial score (nSPS) is 52.0. The molecule has 0 radical (unpaired) electrons. The number of ether oxygens (including phenoxy) is 3. The third kappa shape index (κ3) is 2.48. The van der Waals surface area contributed by atoms with Crippen LogP contribution in [0.25, 0.3) is 0 Å². The van der Waals surface area contributed by atoms with Gasteiger partial charge in [0.15, 0.2) is 18.2 Å². The lowest BCUT2D eigenvalue weighted by Crippen LogP contribution is -2.75. The summed E-state index contributed by atoms with van der Waals surface area (Å²) in [5.41, 5.74) is 0. The van der Waals surface area contributed by atoms with Gasteiger partial charge in [-0.15, -0.1) is 0 Å². The summed E-state index contributed by atoms with van der Waals surface area (Å²) >= 11 is 0. The number of carbonyl (C=O) groups excluding carboxylic acids is 1. The van der Waals surface area contributed by atoms with Gasteiger partial charge in [-0.2, -0.15) is 0 Å². The van der Waals surface area contributed by atoms with Crippen molar-refractivity contribution >= 4 is 5.78 Å². The average molecular weight is 316 g/mol. The van der Waals surface area contributed by atoms with E-state index in [0.717, 1.165) is 0 Å². The molecule has 0 amide bonds. The molecular formula is C14H24N2O6. The number of aliphatic hydroxyl groups excluding tert-OH is 2. The van der Waals surface area contributed by atoms with E-state index in [1.54, 1.807) is 21.0 Å². The van der Waals surface area contributed by atoms with Crippen molar-refractivity contribution in [2.75, 3.05) is 14.1 Å².